The van der Waals surface area contributed by atoms with Crippen LogP contribution in [0.4, 0.5) is 0 Å². The highest BCUT2D eigenvalue weighted by molar-refractivity contribution is 8.21. The van der Waals surface area contributed by atoms with Crippen LogP contribution in [0.3, 0.4) is 0 Å². The van der Waals surface area contributed by atoms with E-state index in [4.69, 9.17) is 0 Å². The van der Waals surface area contributed by atoms with E-state index < -0.39 is 5.41 Å². The zero-order valence-electron chi connectivity index (χ0n) is 14.4. The van der Waals surface area contributed by atoms with Gasteiger partial charge in [0.15, 0.2) is 11.6 Å². The summed E-state index contributed by atoms with van der Waals surface area (Å²) in [5.41, 5.74) is 1.35. The van der Waals surface area contributed by atoms with Crippen LogP contribution in [-0.4, -0.2) is 24.1 Å². The molecule has 0 aromatic heterocycles. The second-order valence-electron chi connectivity index (χ2n) is 6.54. The molecule has 0 fully saturated rings. The van der Waals surface area contributed by atoms with E-state index in [0.717, 1.165) is 22.6 Å². The van der Waals surface area contributed by atoms with E-state index in [1.165, 1.54) is 23.5 Å². The summed E-state index contributed by atoms with van der Waals surface area (Å²) in [7, 11) is 0. The summed E-state index contributed by atoms with van der Waals surface area (Å²) in [6, 6.07) is 7.60. The predicted octanol–water partition coefficient (Wildman–Crippen LogP) is 5.08. The third kappa shape index (κ3) is 3.29. The van der Waals surface area contributed by atoms with Gasteiger partial charge in [-0.05, 0) is 43.8 Å². The number of rotatable bonds is 5. The number of Topliss-reactive ketones (excluding diaryl/α,β-unsaturated/α-hetero) is 2. The van der Waals surface area contributed by atoms with Crippen LogP contribution in [0.5, 0.6) is 0 Å². The molecule has 0 amide bonds. The Hall–Kier alpha value is -1.00. The molecule has 1 atom stereocenters. The number of hydrogen-bond acceptors (Lipinski definition) is 4. The van der Waals surface area contributed by atoms with Crippen LogP contribution in [-0.2, 0) is 10.2 Å². The lowest BCUT2D eigenvalue weighted by Gasteiger charge is -2.36. The molecule has 1 aliphatic rings. The summed E-state index contributed by atoms with van der Waals surface area (Å²) in [6.45, 7) is 6.33. The van der Waals surface area contributed by atoms with Gasteiger partial charge in [0.05, 0.1) is 15.2 Å². The van der Waals surface area contributed by atoms with E-state index in [-0.39, 0.29) is 11.6 Å². The largest absolute Gasteiger partial charge is 0.293 e. The number of allylic oxidation sites excluding steroid dienone is 1. The first-order valence-electron chi connectivity index (χ1n) is 7.88. The van der Waals surface area contributed by atoms with Crippen molar-refractivity contribution in [3.05, 3.63) is 45.2 Å². The standard InChI is InChI=1S/C19H24O2S2/c1-12(2)10-11-19(3)14-9-7-6-8-13(14)16(20)15(17(19)21)18(22-4)23-5/h6-9,12H,10-11H2,1-5H3/t19-/m1/s1. The fourth-order valence-electron chi connectivity index (χ4n) is 3.10. The van der Waals surface area contributed by atoms with Crippen LogP contribution >= 0.6 is 23.5 Å². The molecule has 0 spiro atoms. The van der Waals surface area contributed by atoms with Gasteiger partial charge in [-0.3, -0.25) is 9.59 Å². The molecule has 1 aromatic rings. The summed E-state index contributed by atoms with van der Waals surface area (Å²) < 4.78 is 0.824. The van der Waals surface area contributed by atoms with Crippen molar-refractivity contribution >= 4 is 35.1 Å². The molecule has 0 unspecified atom stereocenters. The number of ketones is 2. The van der Waals surface area contributed by atoms with Gasteiger partial charge in [-0.15, -0.1) is 23.5 Å². The van der Waals surface area contributed by atoms with Crippen LogP contribution in [0.2, 0.25) is 0 Å². The van der Waals surface area contributed by atoms with Crippen LogP contribution in [0.1, 0.15) is 49.5 Å². The van der Waals surface area contributed by atoms with E-state index >= 15 is 0 Å². The molecule has 2 nitrogen and oxygen atoms in total. The first-order chi connectivity index (χ1) is 10.9. The zero-order chi connectivity index (χ0) is 17.2. The highest BCUT2D eigenvalue weighted by Gasteiger charge is 2.46. The van der Waals surface area contributed by atoms with E-state index in [0.29, 0.717) is 17.1 Å². The van der Waals surface area contributed by atoms with Crippen molar-refractivity contribution in [2.24, 2.45) is 5.92 Å². The molecule has 1 aliphatic carbocycles. The molecule has 0 bridgehead atoms. The van der Waals surface area contributed by atoms with Crippen molar-refractivity contribution in [2.75, 3.05) is 12.5 Å². The zero-order valence-corrected chi connectivity index (χ0v) is 16.1. The number of benzene rings is 1. The summed E-state index contributed by atoms with van der Waals surface area (Å²) in [6.07, 6.45) is 5.58. The molecule has 0 heterocycles. The van der Waals surface area contributed by atoms with Crippen molar-refractivity contribution in [3.63, 3.8) is 0 Å². The van der Waals surface area contributed by atoms with Crippen LogP contribution in [0.25, 0.3) is 0 Å². The molecular weight excluding hydrogens is 324 g/mol. The number of thioether (sulfide) groups is 2. The number of carbonyl (C=O) groups is 2. The summed E-state index contributed by atoms with van der Waals surface area (Å²) in [5, 5.41) is 0. The summed E-state index contributed by atoms with van der Waals surface area (Å²) in [4.78, 5) is 26.2. The quantitative estimate of drug-likeness (QED) is 0.549. The molecule has 0 N–H and O–H groups in total. The summed E-state index contributed by atoms with van der Waals surface area (Å²) in [5.74, 6) is 0.393. The van der Waals surface area contributed by atoms with Crippen LogP contribution in [0.15, 0.2) is 34.1 Å². The number of fused-ring (bicyclic) bond motifs is 1. The SMILES string of the molecule is CSC(SC)=C1C(=O)c2ccccc2[C@@](C)(CCC(C)C)C1=O. The predicted molar refractivity (Wildman–Crippen MR) is 101 cm³/mol. The van der Waals surface area contributed by atoms with Gasteiger partial charge in [0.1, 0.15) is 0 Å². The van der Waals surface area contributed by atoms with Gasteiger partial charge in [-0.2, -0.15) is 0 Å². The van der Waals surface area contributed by atoms with Gasteiger partial charge in [-0.1, -0.05) is 38.1 Å². The van der Waals surface area contributed by atoms with Crippen LogP contribution in [0, 0.1) is 5.92 Å². The number of carbonyl (C=O) groups excluding carboxylic acids is 2. The Morgan fingerprint density at radius 2 is 1.74 bits per heavy atom. The molecule has 124 valence electrons. The van der Waals surface area contributed by atoms with Crippen molar-refractivity contribution in [2.45, 2.75) is 39.0 Å². The van der Waals surface area contributed by atoms with E-state index in [2.05, 4.69) is 13.8 Å². The Kier molecular flexibility index (Phi) is 5.79. The second-order valence-corrected chi connectivity index (χ2v) is 8.43. The first-order valence-corrected chi connectivity index (χ1v) is 10.3. The second kappa shape index (κ2) is 7.27. The molecule has 0 radical (unpaired) electrons. The lowest BCUT2D eigenvalue weighted by molar-refractivity contribution is -0.120. The lowest BCUT2D eigenvalue weighted by Crippen LogP contribution is -2.42. The lowest BCUT2D eigenvalue weighted by atomic mass is 9.65. The molecule has 0 saturated heterocycles. The fourth-order valence-corrected chi connectivity index (χ4v) is 4.54. The third-order valence-corrected chi connectivity index (χ3v) is 6.67. The smallest absolute Gasteiger partial charge is 0.198 e. The average molecular weight is 349 g/mol. The minimum Gasteiger partial charge on any atom is -0.293 e. The minimum atomic E-state index is -0.610. The minimum absolute atomic E-state index is 0.0134. The molecule has 0 saturated carbocycles. The van der Waals surface area contributed by atoms with Crippen molar-refractivity contribution < 1.29 is 9.59 Å². The molecule has 1 aromatic carbocycles. The topological polar surface area (TPSA) is 34.1 Å². The Morgan fingerprint density at radius 3 is 2.30 bits per heavy atom. The Bertz CT molecular complexity index is 655. The van der Waals surface area contributed by atoms with Gasteiger partial charge in [0.2, 0.25) is 0 Å². The maximum Gasteiger partial charge on any atom is 0.198 e. The van der Waals surface area contributed by atoms with Crippen molar-refractivity contribution in [3.8, 4) is 0 Å². The Labute approximate surface area is 147 Å². The number of hydrogen-bond donors (Lipinski definition) is 0. The van der Waals surface area contributed by atoms with E-state index in [1.54, 1.807) is 0 Å². The molecule has 2 rings (SSSR count). The normalized spacial score (nSPS) is 20.9. The molecule has 4 heteroatoms. The van der Waals surface area contributed by atoms with Gasteiger partial charge in [0, 0.05) is 5.56 Å². The Balaban J connectivity index is 2.66. The van der Waals surface area contributed by atoms with Gasteiger partial charge in [0.25, 0.3) is 0 Å². The highest BCUT2D eigenvalue weighted by atomic mass is 32.2. The van der Waals surface area contributed by atoms with Crippen molar-refractivity contribution in [1.82, 2.24) is 0 Å². The molecule has 0 aliphatic heterocycles. The van der Waals surface area contributed by atoms with Crippen LogP contribution < -0.4 is 0 Å². The highest BCUT2D eigenvalue weighted by Crippen LogP contribution is 2.44. The van der Waals surface area contributed by atoms with E-state index in [1.807, 2.05) is 43.7 Å². The fraction of sp³-hybridized carbons (Fsp3) is 0.474. The van der Waals surface area contributed by atoms with Gasteiger partial charge < -0.3 is 0 Å². The molecule has 23 heavy (non-hydrogen) atoms. The first kappa shape index (κ1) is 18.3. The third-order valence-electron chi connectivity index (χ3n) is 4.52. The van der Waals surface area contributed by atoms with Gasteiger partial charge >= 0.3 is 0 Å². The summed E-state index contributed by atoms with van der Waals surface area (Å²) >= 11 is 2.97. The maximum atomic E-state index is 13.3. The molecular formula is C19H24O2S2. The van der Waals surface area contributed by atoms with Crippen molar-refractivity contribution in [1.29, 1.82) is 0 Å². The Morgan fingerprint density at radius 1 is 1.13 bits per heavy atom. The monoisotopic (exact) mass is 348 g/mol. The van der Waals surface area contributed by atoms with Gasteiger partial charge in [-0.25, -0.2) is 0 Å². The van der Waals surface area contributed by atoms with E-state index in [9.17, 15) is 9.59 Å². The average Bonchev–Trinajstić information content (AvgIpc) is 2.55. The maximum absolute atomic E-state index is 13.3.